The second kappa shape index (κ2) is 8.10. The standard InChI is InChI=1S/C15H32N2/c1-13(2)6-5-7-16-8-9-17-11-14(3)10-15(4)12-17/h13-16H,5-12H2,1-4H3. The van der Waals surface area contributed by atoms with Crippen LogP contribution in [-0.2, 0) is 0 Å². The molecule has 2 atom stereocenters. The van der Waals surface area contributed by atoms with E-state index in [0.29, 0.717) is 0 Å². The van der Waals surface area contributed by atoms with E-state index in [1.807, 2.05) is 0 Å². The lowest BCUT2D eigenvalue weighted by Crippen LogP contribution is -2.42. The molecule has 1 fully saturated rings. The molecule has 0 amide bonds. The number of rotatable bonds is 7. The van der Waals surface area contributed by atoms with Crippen molar-refractivity contribution in [3.8, 4) is 0 Å². The number of piperidine rings is 1. The summed E-state index contributed by atoms with van der Waals surface area (Å²) in [6, 6.07) is 0. The van der Waals surface area contributed by atoms with Crippen molar-refractivity contribution >= 4 is 0 Å². The lowest BCUT2D eigenvalue weighted by molar-refractivity contribution is 0.142. The SMILES string of the molecule is CC(C)CCCNCCN1CC(C)CC(C)C1. The minimum atomic E-state index is 0.848. The quantitative estimate of drug-likeness (QED) is 0.688. The predicted molar refractivity (Wildman–Crippen MR) is 76.3 cm³/mol. The van der Waals surface area contributed by atoms with Crippen LogP contribution in [0.15, 0.2) is 0 Å². The van der Waals surface area contributed by atoms with Crippen LogP contribution in [0.4, 0.5) is 0 Å². The van der Waals surface area contributed by atoms with Crippen molar-refractivity contribution in [2.24, 2.45) is 17.8 Å². The van der Waals surface area contributed by atoms with E-state index in [1.165, 1.54) is 45.4 Å². The zero-order valence-corrected chi connectivity index (χ0v) is 12.3. The molecule has 1 N–H and O–H groups in total. The Hall–Kier alpha value is -0.0800. The Bertz CT molecular complexity index is 181. The molecule has 0 spiro atoms. The highest BCUT2D eigenvalue weighted by Crippen LogP contribution is 2.20. The third kappa shape index (κ3) is 7.05. The number of nitrogens with zero attached hydrogens (tertiary/aromatic N) is 1. The second-order valence-corrected chi connectivity index (χ2v) is 6.49. The number of hydrogen-bond donors (Lipinski definition) is 1. The van der Waals surface area contributed by atoms with Crippen molar-refractivity contribution in [1.29, 1.82) is 0 Å². The van der Waals surface area contributed by atoms with E-state index in [9.17, 15) is 0 Å². The first-order valence-electron chi connectivity index (χ1n) is 7.51. The normalized spacial score (nSPS) is 26.6. The van der Waals surface area contributed by atoms with E-state index in [-0.39, 0.29) is 0 Å². The Labute approximate surface area is 108 Å². The zero-order valence-electron chi connectivity index (χ0n) is 12.3. The van der Waals surface area contributed by atoms with Crippen LogP contribution in [0.5, 0.6) is 0 Å². The molecule has 1 rings (SSSR count). The van der Waals surface area contributed by atoms with Gasteiger partial charge >= 0.3 is 0 Å². The van der Waals surface area contributed by atoms with Crippen molar-refractivity contribution < 1.29 is 0 Å². The molecule has 0 radical (unpaired) electrons. The second-order valence-electron chi connectivity index (χ2n) is 6.49. The fourth-order valence-corrected chi connectivity index (χ4v) is 2.97. The first-order chi connectivity index (χ1) is 8.08. The van der Waals surface area contributed by atoms with Gasteiger partial charge in [0.05, 0.1) is 0 Å². The van der Waals surface area contributed by atoms with Gasteiger partial charge in [0.25, 0.3) is 0 Å². The van der Waals surface area contributed by atoms with Gasteiger partial charge in [-0.2, -0.15) is 0 Å². The first kappa shape index (κ1) is 15.0. The molecule has 1 aliphatic heterocycles. The van der Waals surface area contributed by atoms with Crippen molar-refractivity contribution in [1.82, 2.24) is 10.2 Å². The van der Waals surface area contributed by atoms with Gasteiger partial charge in [-0.3, -0.25) is 0 Å². The van der Waals surface area contributed by atoms with Crippen LogP contribution in [0.3, 0.4) is 0 Å². The Kier molecular flexibility index (Phi) is 7.14. The van der Waals surface area contributed by atoms with Gasteiger partial charge in [-0.15, -0.1) is 0 Å². The lowest BCUT2D eigenvalue weighted by atomic mass is 9.92. The minimum Gasteiger partial charge on any atom is -0.315 e. The molecular weight excluding hydrogens is 208 g/mol. The van der Waals surface area contributed by atoms with Crippen LogP contribution in [0.25, 0.3) is 0 Å². The summed E-state index contributed by atoms with van der Waals surface area (Å²) in [4.78, 5) is 2.63. The lowest BCUT2D eigenvalue weighted by Gasteiger charge is -2.34. The van der Waals surface area contributed by atoms with E-state index in [2.05, 4.69) is 37.9 Å². The van der Waals surface area contributed by atoms with E-state index in [0.717, 1.165) is 24.3 Å². The van der Waals surface area contributed by atoms with Gasteiger partial charge in [0.15, 0.2) is 0 Å². The summed E-state index contributed by atoms with van der Waals surface area (Å²) >= 11 is 0. The Morgan fingerprint density at radius 1 is 1.12 bits per heavy atom. The van der Waals surface area contributed by atoms with Gasteiger partial charge in [0.2, 0.25) is 0 Å². The highest BCUT2D eigenvalue weighted by molar-refractivity contribution is 4.74. The van der Waals surface area contributed by atoms with Gasteiger partial charge < -0.3 is 10.2 Å². The highest BCUT2D eigenvalue weighted by Gasteiger charge is 2.20. The molecule has 0 aromatic rings. The summed E-state index contributed by atoms with van der Waals surface area (Å²) in [6.45, 7) is 15.6. The monoisotopic (exact) mass is 240 g/mol. The molecule has 0 saturated carbocycles. The molecule has 102 valence electrons. The van der Waals surface area contributed by atoms with Crippen molar-refractivity contribution in [2.45, 2.75) is 47.0 Å². The fourth-order valence-electron chi connectivity index (χ4n) is 2.97. The molecule has 1 aliphatic rings. The molecule has 0 aromatic carbocycles. The van der Waals surface area contributed by atoms with Crippen molar-refractivity contribution in [2.75, 3.05) is 32.7 Å². The minimum absolute atomic E-state index is 0.848. The third-order valence-corrected chi connectivity index (χ3v) is 3.68. The van der Waals surface area contributed by atoms with E-state index in [1.54, 1.807) is 0 Å². The fraction of sp³-hybridized carbons (Fsp3) is 1.00. The van der Waals surface area contributed by atoms with Crippen molar-refractivity contribution in [3.63, 3.8) is 0 Å². The van der Waals surface area contributed by atoms with Gasteiger partial charge in [-0.25, -0.2) is 0 Å². The van der Waals surface area contributed by atoms with Gasteiger partial charge in [0, 0.05) is 26.2 Å². The van der Waals surface area contributed by atoms with E-state index >= 15 is 0 Å². The van der Waals surface area contributed by atoms with Crippen LogP contribution in [-0.4, -0.2) is 37.6 Å². The van der Waals surface area contributed by atoms with E-state index < -0.39 is 0 Å². The van der Waals surface area contributed by atoms with Gasteiger partial charge in [-0.05, 0) is 43.6 Å². The molecule has 1 heterocycles. The summed E-state index contributed by atoms with van der Waals surface area (Å²) in [5.41, 5.74) is 0. The van der Waals surface area contributed by atoms with Crippen LogP contribution in [0.1, 0.15) is 47.0 Å². The zero-order chi connectivity index (χ0) is 12.7. The topological polar surface area (TPSA) is 15.3 Å². The van der Waals surface area contributed by atoms with Crippen LogP contribution >= 0.6 is 0 Å². The molecule has 2 unspecified atom stereocenters. The third-order valence-electron chi connectivity index (χ3n) is 3.68. The van der Waals surface area contributed by atoms with Crippen molar-refractivity contribution in [3.05, 3.63) is 0 Å². The molecule has 2 heteroatoms. The van der Waals surface area contributed by atoms with Crippen LogP contribution in [0, 0.1) is 17.8 Å². The average molecular weight is 240 g/mol. The van der Waals surface area contributed by atoms with Gasteiger partial charge in [0.1, 0.15) is 0 Å². The summed E-state index contributed by atoms with van der Waals surface area (Å²) < 4.78 is 0. The molecule has 0 bridgehead atoms. The molecular formula is C15H32N2. The maximum absolute atomic E-state index is 3.58. The molecule has 2 nitrogen and oxygen atoms in total. The average Bonchev–Trinajstić information content (AvgIpc) is 2.21. The number of hydrogen-bond acceptors (Lipinski definition) is 2. The number of likely N-dealkylation sites (tertiary alicyclic amines) is 1. The summed E-state index contributed by atoms with van der Waals surface area (Å²) in [5.74, 6) is 2.62. The van der Waals surface area contributed by atoms with Crippen LogP contribution < -0.4 is 5.32 Å². The molecule has 17 heavy (non-hydrogen) atoms. The number of nitrogens with one attached hydrogen (secondary N) is 1. The summed E-state index contributed by atoms with van der Waals surface area (Å²) in [5, 5.41) is 3.58. The Morgan fingerprint density at radius 2 is 1.76 bits per heavy atom. The van der Waals surface area contributed by atoms with Gasteiger partial charge in [-0.1, -0.05) is 27.7 Å². The van der Waals surface area contributed by atoms with Crippen LogP contribution in [0.2, 0.25) is 0 Å². The highest BCUT2D eigenvalue weighted by atomic mass is 15.1. The maximum atomic E-state index is 3.58. The smallest absolute Gasteiger partial charge is 0.0107 e. The van der Waals surface area contributed by atoms with E-state index in [4.69, 9.17) is 0 Å². The maximum Gasteiger partial charge on any atom is 0.0107 e. The Balaban J connectivity index is 1.98. The largest absolute Gasteiger partial charge is 0.315 e. The molecule has 0 aromatic heterocycles. The molecule has 1 saturated heterocycles. The first-order valence-corrected chi connectivity index (χ1v) is 7.51. The summed E-state index contributed by atoms with van der Waals surface area (Å²) in [6.07, 6.45) is 4.09. The molecule has 0 aliphatic carbocycles. The Morgan fingerprint density at radius 3 is 2.35 bits per heavy atom. The summed E-state index contributed by atoms with van der Waals surface area (Å²) in [7, 11) is 0. The predicted octanol–water partition coefficient (Wildman–Crippen LogP) is 2.99.